The van der Waals surface area contributed by atoms with E-state index in [4.69, 9.17) is 4.74 Å². The number of aromatic nitrogens is 2. The maximum Gasteiger partial charge on any atom is 0.339 e. The highest BCUT2D eigenvalue weighted by atomic mass is 19.1. The van der Waals surface area contributed by atoms with E-state index in [1.807, 2.05) is 12.1 Å². The van der Waals surface area contributed by atoms with E-state index in [0.29, 0.717) is 18.0 Å². The van der Waals surface area contributed by atoms with Crippen molar-refractivity contribution in [3.63, 3.8) is 0 Å². The number of carboxylic acid groups (broad SMARTS) is 1. The molecular weight excluding hydrogens is 373 g/mol. The number of rotatable bonds is 6. The molecule has 150 valence electrons. The molecule has 1 saturated carbocycles. The summed E-state index contributed by atoms with van der Waals surface area (Å²) in [5, 5.41) is 13.5. The highest BCUT2D eigenvalue weighted by Crippen LogP contribution is 2.41. The van der Waals surface area contributed by atoms with E-state index < -0.39 is 5.97 Å². The smallest absolute Gasteiger partial charge is 0.339 e. The van der Waals surface area contributed by atoms with Crippen molar-refractivity contribution in [3.8, 4) is 5.75 Å². The maximum absolute atomic E-state index is 14.1. The van der Waals surface area contributed by atoms with Crippen LogP contribution in [0.5, 0.6) is 5.75 Å². The van der Waals surface area contributed by atoms with Gasteiger partial charge in [0.05, 0.1) is 24.4 Å². The number of aromatic carboxylic acids is 1. The first-order valence-corrected chi connectivity index (χ1v) is 10.00. The Labute approximate surface area is 167 Å². The van der Waals surface area contributed by atoms with Gasteiger partial charge in [-0.05, 0) is 61.9 Å². The molecule has 29 heavy (non-hydrogen) atoms. The fourth-order valence-corrected chi connectivity index (χ4v) is 4.12. The van der Waals surface area contributed by atoms with Crippen molar-refractivity contribution in [1.29, 1.82) is 0 Å². The van der Waals surface area contributed by atoms with Gasteiger partial charge in [-0.3, -0.25) is 0 Å². The minimum Gasteiger partial charge on any atom is -0.493 e. The number of nitrogens with zero attached hydrogens (tertiary/aromatic N) is 3. The number of halogens is 1. The molecule has 2 aromatic heterocycles. The Kier molecular flexibility index (Phi) is 4.38. The average Bonchev–Trinajstić information content (AvgIpc) is 3.24. The van der Waals surface area contributed by atoms with Gasteiger partial charge >= 0.3 is 5.97 Å². The Morgan fingerprint density at radius 1 is 1.24 bits per heavy atom. The van der Waals surface area contributed by atoms with E-state index in [1.165, 1.54) is 25.1 Å². The van der Waals surface area contributed by atoms with Gasteiger partial charge in [0.25, 0.3) is 0 Å². The van der Waals surface area contributed by atoms with Crippen LogP contribution in [-0.4, -0.2) is 33.8 Å². The molecule has 1 unspecified atom stereocenters. The third-order valence-electron chi connectivity index (χ3n) is 5.82. The number of anilines is 1. The predicted molar refractivity (Wildman–Crippen MR) is 106 cm³/mol. The largest absolute Gasteiger partial charge is 0.493 e. The molecule has 2 fully saturated rings. The highest BCUT2D eigenvalue weighted by molar-refractivity contribution is 5.95. The van der Waals surface area contributed by atoms with Gasteiger partial charge in [-0.1, -0.05) is 0 Å². The van der Waals surface area contributed by atoms with Crippen LogP contribution in [0.4, 0.5) is 10.1 Å². The normalized spacial score (nSPS) is 19.1. The van der Waals surface area contributed by atoms with Crippen LogP contribution in [0, 0.1) is 11.7 Å². The molecule has 1 atom stereocenters. The molecule has 1 aliphatic carbocycles. The Hall–Kier alpha value is -3.09. The van der Waals surface area contributed by atoms with E-state index in [0.717, 1.165) is 36.4 Å². The van der Waals surface area contributed by atoms with E-state index in [9.17, 15) is 14.3 Å². The van der Waals surface area contributed by atoms with Crippen LogP contribution in [0.25, 0.3) is 5.52 Å². The lowest BCUT2D eigenvalue weighted by atomic mass is 10.0. The lowest BCUT2D eigenvalue weighted by Crippen LogP contribution is -2.23. The maximum atomic E-state index is 14.1. The molecule has 3 aromatic rings. The van der Waals surface area contributed by atoms with Crippen LogP contribution in [-0.2, 0) is 0 Å². The number of carbonyl (C=O) groups is 1. The number of fused-ring (bicyclic) bond motifs is 1. The number of ether oxygens (including phenoxy) is 1. The van der Waals surface area contributed by atoms with Gasteiger partial charge in [-0.15, -0.1) is 0 Å². The van der Waals surface area contributed by atoms with Gasteiger partial charge < -0.3 is 14.7 Å². The quantitative estimate of drug-likeness (QED) is 0.674. The molecule has 0 amide bonds. The average molecular weight is 395 g/mol. The second-order valence-electron chi connectivity index (χ2n) is 7.87. The van der Waals surface area contributed by atoms with Gasteiger partial charge in [0.1, 0.15) is 17.1 Å². The van der Waals surface area contributed by atoms with Crippen molar-refractivity contribution >= 4 is 17.2 Å². The van der Waals surface area contributed by atoms with Gasteiger partial charge in [0, 0.05) is 24.0 Å². The monoisotopic (exact) mass is 395 g/mol. The first kappa shape index (κ1) is 18.0. The Bertz CT molecular complexity index is 1080. The number of hydrogen-bond donors (Lipinski definition) is 1. The van der Waals surface area contributed by atoms with Gasteiger partial charge in [-0.2, -0.15) is 5.10 Å². The molecular formula is C22H22FN3O3. The highest BCUT2D eigenvalue weighted by Gasteiger charge is 2.30. The fourth-order valence-electron chi connectivity index (χ4n) is 4.12. The predicted octanol–water partition coefficient (Wildman–Crippen LogP) is 4.30. The molecule has 0 radical (unpaired) electrons. The van der Waals surface area contributed by atoms with Gasteiger partial charge in [0.15, 0.2) is 0 Å². The van der Waals surface area contributed by atoms with Crippen molar-refractivity contribution in [2.75, 3.05) is 18.1 Å². The zero-order chi connectivity index (χ0) is 20.0. The number of pyridine rings is 1. The number of carboxylic acids is 1. The Balaban J connectivity index is 1.50. The lowest BCUT2D eigenvalue weighted by molar-refractivity contribution is 0.0699. The zero-order valence-corrected chi connectivity index (χ0v) is 15.9. The second-order valence-corrected chi connectivity index (χ2v) is 7.87. The SMILES string of the molecule is O=C(O)c1cnn2ccc(N3CCCC3c3cc(F)ccc3OCC3CC3)cc12. The number of hydrogen-bond acceptors (Lipinski definition) is 4. The van der Waals surface area contributed by atoms with Crippen LogP contribution in [0.1, 0.15) is 47.6 Å². The summed E-state index contributed by atoms with van der Waals surface area (Å²) >= 11 is 0. The lowest BCUT2D eigenvalue weighted by Gasteiger charge is -2.28. The van der Waals surface area contributed by atoms with Crippen molar-refractivity contribution in [2.24, 2.45) is 5.92 Å². The molecule has 2 aliphatic rings. The topological polar surface area (TPSA) is 67.1 Å². The molecule has 1 N–H and O–H groups in total. The van der Waals surface area contributed by atoms with Crippen LogP contribution < -0.4 is 9.64 Å². The Morgan fingerprint density at radius 3 is 2.90 bits per heavy atom. The molecule has 1 aliphatic heterocycles. The third kappa shape index (κ3) is 3.41. The molecule has 1 aromatic carbocycles. The summed E-state index contributed by atoms with van der Waals surface area (Å²) < 4.78 is 21.7. The molecule has 7 heteroatoms. The first-order chi connectivity index (χ1) is 14.1. The number of benzene rings is 1. The van der Waals surface area contributed by atoms with E-state index in [-0.39, 0.29) is 17.4 Å². The van der Waals surface area contributed by atoms with E-state index in [2.05, 4.69) is 10.00 Å². The fraction of sp³-hybridized carbons (Fsp3) is 0.364. The molecule has 0 spiro atoms. The van der Waals surface area contributed by atoms with E-state index >= 15 is 0 Å². The summed E-state index contributed by atoms with van der Waals surface area (Å²) in [7, 11) is 0. The summed E-state index contributed by atoms with van der Waals surface area (Å²) in [5.74, 6) is 0.0826. The van der Waals surface area contributed by atoms with Gasteiger partial charge in [-0.25, -0.2) is 13.7 Å². The summed E-state index contributed by atoms with van der Waals surface area (Å²) in [4.78, 5) is 13.7. The molecule has 5 rings (SSSR count). The standard InChI is InChI=1S/C22H22FN3O3/c23-15-5-6-21(29-13-14-3-4-14)17(10-15)19-2-1-8-25(19)16-7-9-26-20(11-16)18(12-24-26)22(27)28/h5-7,9-12,14,19H,1-4,8,13H2,(H,27,28). The molecule has 6 nitrogen and oxygen atoms in total. The van der Waals surface area contributed by atoms with Crippen LogP contribution >= 0.6 is 0 Å². The Morgan fingerprint density at radius 2 is 2.10 bits per heavy atom. The van der Waals surface area contributed by atoms with E-state index in [1.54, 1.807) is 22.8 Å². The molecule has 1 saturated heterocycles. The van der Waals surface area contributed by atoms with Crippen molar-refractivity contribution in [1.82, 2.24) is 9.61 Å². The second kappa shape index (κ2) is 7.06. The minimum absolute atomic E-state index is 0.0152. The van der Waals surface area contributed by atoms with Crippen molar-refractivity contribution in [2.45, 2.75) is 31.7 Å². The van der Waals surface area contributed by atoms with Crippen LogP contribution in [0.3, 0.4) is 0 Å². The summed E-state index contributed by atoms with van der Waals surface area (Å²) in [6, 6.07) is 8.51. The van der Waals surface area contributed by atoms with Crippen LogP contribution in [0.15, 0.2) is 42.7 Å². The molecule has 3 heterocycles. The summed E-state index contributed by atoms with van der Waals surface area (Å²) in [6.07, 6.45) is 7.38. The van der Waals surface area contributed by atoms with Crippen molar-refractivity contribution < 1.29 is 19.0 Å². The molecule has 0 bridgehead atoms. The third-order valence-corrected chi connectivity index (χ3v) is 5.82. The summed E-state index contributed by atoms with van der Waals surface area (Å²) in [5.41, 5.74) is 2.47. The van der Waals surface area contributed by atoms with Gasteiger partial charge in [0.2, 0.25) is 0 Å². The summed E-state index contributed by atoms with van der Waals surface area (Å²) in [6.45, 7) is 1.49. The zero-order valence-electron chi connectivity index (χ0n) is 15.9. The van der Waals surface area contributed by atoms with Crippen LogP contribution in [0.2, 0.25) is 0 Å². The van der Waals surface area contributed by atoms with Crippen molar-refractivity contribution in [3.05, 3.63) is 59.7 Å². The minimum atomic E-state index is -1.00. The first-order valence-electron chi connectivity index (χ1n) is 10.00.